The number of hydrogen-bond donors (Lipinski definition) is 0. The summed E-state index contributed by atoms with van der Waals surface area (Å²) in [5.41, 5.74) is 4.78. The fourth-order valence-electron chi connectivity index (χ4n) is 4.28. The fourth-order valence-corrected chi connectivity index (χ4v) is 4.28. The minimum atomic E-state index is -0.173. The van der Waals surface area contributed by atoms with Crippen LogP contribution in [0.1, 0.15) is 18.5 Å². The van der Waals surface area contributed by atoms with Gasteiger partial charge in [0.15, 0.2) is 0 Å². The number of fused-ring (bicyclic) bond motifs is 1. The molecule has 0 N–H and O–H groups in total. The minimum absolute atomic E-state index is 0.173. The van der Waals surface area contributed by atoms with E-state index in [-0.39, 0.29) is 5.82 Å². The topological polar surface area (TPSA) is 23.8 Å². The van der Waals surface area contributed by atoms with Crippen molar-refractivity contribution in [1.29, 1.82) is 0 Å². The third-order valence-corrected chi connectivity index (χ3v) is 5.82. The van der Waals surface area contributed by atoms with Gasteiger partial charge in [0.2, 0.25) is 0 Å². The molecule has 0 bridgehead atoms. The fraction of sp³-hybridized carbons (Fsp3) is 0.318. The molecule has 1 aromatic carbocycles. The summed E-state index contributed by atoms with van der Waals surface area (Å²) >= 11 is 0. The van der Waals surface area contributed by atoms with Gasteiger partial charge in [-0.2, -0.15) is 0 Å². The first-order valence-electron chi connectivity index (χ1n) is 9.65. The highest BCUT2D eigenvalue weighted by Crippen LogP contribution is 2.31. The number of aromatic nitrogens is 2. The average Bonchev–Trinajstić information content (AvgIpc) is 3.38. The molecule has 2 aliphatic rings. The Balaban J connectivity index is 1.26. The van der Waals surface area contributed by atoms with E-state index >= 15 is 0 Å². The number of benzene rings is 1. The van der Waals surface area contributed by atoms with E-state index in [1.807, 2.05) is 35.1 Å². The molecular formula is C22H23FN4. The molecule has 27 heavy (non-hydrogen) atoms. The zero-order chi connectivity index (χ0) is 18.2. The summed E-state index contributed by atoms with van der Waals surface area (Å²) in [4.78, 5) is 9.55. The van der Waals surface area contributed by atoms with E-state index < -0.39 is 0 Å². The standard InChI is InChI=1S/C22H23FN4/c23-18-4-7-19(8-5-18)25-10-12-26(13-11-25)21-6-3-17(14-21)22-15-20-2-1-9-27(20)16-24-22/h1-2,4-5,7-9,14-16,21H,3,6,10-13H2/t21-/m1/s1. The van der Waals surface area contributed by atoms with Crippen LogP contribution in [-0.2, 0) is 0 Å². The van der Waals surface area contributed by atoms with E-state index in [4.69, 9.17) is 0 Å². The van der Waals surface area contributed by atoms with Crippen LogP contribution in [0.25, 0.3) is 11.1 Å². The summed E-state index contributed by atoms with van der Waals surface area (Å²) in [6.45, 7) is 4.05. The third-order valence-electron chi connectivity index (χ3n) is 5.82. The van der Waals surface area contributed by atoms with Crippen LogP contribution in [-0.4, -0.2) is 46.5 Å². The Morgan fingerprint density at radius 3 is 2.63 bits per heavy atom. The van der Waals surface area contributed by atoms with Gasteiger partial charge in [-0.3, -0.25) is 4.90 Å². The molecule has 4 nitrogen and oxygen atoms in total. The largest absolute Gasteiger partial charge is 0.369 e. The van der Waals surface area contributed by atoms with Gasteiger partial charge in [-0.1, -0.05) is 6.08 Å². The summed E-state index contributed by atoms with van der Waals surface area (Å²) < 4.78 is 15.2. The summed E-state index contributed by atoms with van der Waals surface area (Å²) in [6.07, 6.45) is 8.60. The summed E-state index contributed by atoms with van der Waals surface area (Å²) in [7, 11) is 0. The maximum atomic E-state index is 13.1. The van der Waals surface area contributed by atoms with E-state index in [2.05, 4.69) is 33.0 Å². The van der Waals surface area contributed by atoms with Crippen LogP contribution in [0.4, 0.5) is 10.1 Å². The Kier molecular flexibility index (Phi) is 4.17. The maximum Gasteiger partial charge on any atom is 0.123 e. The molecule has 138 valence electrons. The lowest BCUT2D eigenvalue weighted by atomic mass is 10.1. The van der Waals surface area contributed by atoms with Gasteiger partial charge < -0.3 is 9.30 Å². The predicted octanol–water partition coefficient (Wildman–Crippen LogP) is 3.84. The summed E-state index contributed by atoms with van der Waals surface area (Å²) in [5.74, 6) is -0.173. The number of halogens is 1. The molecule has 0 amide bonds. The number of nitrogens with zero attached hydrogens (tertiary/aromatic N) is 4. The number of hydrogen-bond acceptors (Lipinski definition) is 3. The SMILES string of the molecule is Fc1ccc(N2CCN([C@H]3C=C(c4cc5cccn5cn4)CC3)CC2)cc1. The van der Waals surface area contributed by atoms with Crippen LogP contribution >= 0.6 is 0 Å². The zero-order valence-electron chi connectivity index (χ0n) is 15.3. The zero-order valence-corrected chi connectivity index (χ0v) is 15.3. The smallest absolute Gasteiger partial charge is 0.123 e. The number of piperazine rings is 1. The molecule has 1 fully saturated rings. The Hall–Kier alpha value is -2.66. The highest BCUT2D eigenvalue weighted by molar-refractivity contribution is 5.68. The number of anilines is 1. The van der Waals surface area contributed by atoms with E-state index in [1.165, 1.54) is 17.5 Å². The van der Waals surface area contributed by atoms with Gasteiger partial charge in [-0.15, -0.1) is 0 Å². The second-order valence-electron chi connectivity index (χ2n) is 7.41. The van der Waals surface area contributed by atoms with Crippen LogP contribution in [0.15, 0.2) is 61.1 Å². The van der Waals surface area contributed by atoms with Gasteiger partial charge >= 0.3 is 0 Å². The van der Waals surface area contributed by atoms with Gasteiger partial charge in [-0.05, 0) is 60.9 Å². The third kappa shape index (κ3) is 3.23. The van der Waals surface area contributed by atoms with Crippen molar-refractivity contribution >= 4 is 16.8 Å². The van der Waals surface area contributed by atoms with E-state index in [0.717, 1.165) is 44.0 Å². The van der Waals surface area contributed by atoms with Crippen LogP contribution in [0.5, 0.6) is 0 Å². The molecular weight excluding hydrogens is 339 g/mol. The summed E-state index contributed by atoms with van der Waals surface area (Å²) in [5, 5.41) is 0. The van der Waals surface area contributed by atoms with Crippen molar-refractivity contribution in [2.75, 3.05) is 31.1 Å². The van der Waals surface area contributed by atoms with E-state index in [9.17, 15) is 4.39 Å². The minimum Gasteiger partial charge on any atom is -0.369 e. The second kappa shape index (κ2) is 6.82. The van der Waals surface area contributed by atoms with Gasteiger partial charge in [0.25, 0.3) is 0 Å². The lowest BCUT2D eigenvalue weighted by molar-refractivity contribution is 0.214. The first-order valence-corrected chi connectivity index (χ1v) is 9.65. The molecule has 1 saturated heterocycles. The van der Waals surface area contributed by atoms with Crippen LogP contribution in [0.3, 0.4) is 0 Å². The molecule has 1 aliphatic heterocycles. The first-order chi connectivity index (χ1) is 13.3. The van der Waals surface area contributed by atoms with E-state index in [0.29, 0.717) is 6.04 Å². The predicted molar refractivity (Wildman–Crippen MR) is 106 cm³/mol. The molecule has 0 radical (unpaired) electrons. The molecule has 3 aromatic rings. The van der Waals surface area contributed by atoms with Crippen LogP contribution in [0, 0.1) is 5.82 Å². The van der Waals surface area contributed by atoms with E-state index in [1.54, 1.807) is 12.1 Å². The van der Waals surface area contributed by atoms with Crippen molar-refractivity contribution in [2.24, 2.45) is 0 Å². The number of rotatable bonds is 3. The van der Waals surface area contributed by atoms with Gasteiger partial charge in [-0.25, -0.2) is 9.37 Å². The van der Waals surface area contributed by atoms with Crippen LogP contribution in [0.2, 0.25) is 0 Å². The Labute approximate surface area is 158 Å². The van der Waals surface area contributed by atoms with Crippen molar-refractivity contribution in [3.63, 3.8) is 0 Å². The second-order valence-corrected chi connectivity index (χ2v) is 7.41. The van der Waals surface area contributed by atoms with Crippen molar-refractivity contribution in [2.45, 2.75) is 18.9 Å². The number of allylic oxidation sites excluding steroid dienone is 1. The van der Waals surface area contributed by atoms with Gasteiger partial charge in [0, 0.05) is 49.6 Å². The molecule has 0 unspecified atom stereocenters. The molecule has 5 rings (SSSR count). The monoisotopic (exact) mass is 362 g/mol. The molecule has 3 heterocycles. The molecule has 1 atom stereocenters. The molecule has 0 spiro atoms. The molecule has 2 aromatic heterocycles. The van der Waals surface area contributed by atoms with Crippen molar-refractivity contribution < 1.29 is 4.39 Å². The Bertz CT molecular complexity index is 967. The van der Waals surface area contributed by atoms with Gasteiger partial charge in [0.1, 0.15) is 5.82 Å². The molecule has 5 heteroatoms. The van der Waals surface area contributed by atoms with Gasteiger partial charge in [0.05, 0.1) is 12.0 Å². The summed E-state index contributed by atoms with van der Waals surface area (Å²) in [6, 6.07) is 13.7. The highest BCUT2D eigenvalue weighted by atomic mass is 19.1. The molecule has 1 aliphatic carbocycles. The van der Waals surface area contributed by atoms with Crippen molar-refractivity contribution in [1.82, 2.24) is 14.3 Å². The maximum absolute atomic E-state index is 13.1. The lowest BCUT2D eigenvalue weighted by Crippen LogP contribution is -2.49. The van der Waals surface area contributed by atoms with Crippen molar-refractivity contribution in [3.05, 3.63) is 72.6 Å². The first kappa shape index (κ1) is 16.5. The van der Waals surface area contributed by atoms with Crippen LogP contribution < -0.4 is 4.90 Å². The Morgan fingerprint density at radius 1 is 1.00 bits per heavy atom. The lowest BCUT2D eigenvalue weighted by Gasteiger charge is -2.38. The highest BCUT2D eigenvalue weighted by Gasteiger charge is 2.27. The van der Waals surface area contributed by atoms with Crippen molar-refractivity contribution in [3.8, 4) is 0 Å². The average molecular weight is 362 g/mol. The normalized spacial score (nSPS) is 21.0. The quantitative estimate of drug-likeness (QED) is 0.707. The Morgan fingerprint density at radius 2 is 1.81 bits per heavy atom. The molecule has 0 saturated carbocycles.